The van der Waals surface area contributed by atoms with Gasteiger partial charge in [0.15, 0.2) is 0 Å². The SMILES string of the molecule is O=C1CC(C(=O)NCCn2nc3c(cc2=O)CCC3)CCN1. The highest BCUT2D eigenvalue weighted by Crippen LogP contribution is 2.16. The van der Waals surface area contributed by atoms with Gasteiger partial charge in [-0.3, -0.25) is 14.4 Å². The highest BCUT2D eigenvalue weighted by molar-refractivity contribution is 5.86. The molecule has 3 rings (SSSR count). The Labute approximate surface area is 128 Å². The fourth-order valence-electron chi connectivity index (χ4n) is 3.04. The maximum atomic E-state index is 12.0. The summed E-state index contributed by atoms with van der Waals surface area (Å²) in [7, 11) is 0. The number of hydrogen-bond acceptors (Lipinski definition) is 4. The number of carbonyl (C=O) groups excluding carboxylic acids is 2. The van der Waals surface area contributed by atoms with Gasteiger partial charge in [-0.05, 0) is 31.2 Å². The van der Waals surface area contributed by atoms with E-state index in [4.69, 9.17) is 0 Å². The van der Waals surface area contributed by atoms with Gasteiger partial charge in [-0.1, -0.05) is 0 Å². The number of amides is 2. The summed E-state index contributed by atoms with van der Waals surface area (Å²) in [5.41, 5.74) is 1.93. The summed E-state index contributed by atoms with van der Waals surface area (Å²) in [5, 5.41) is 9.87. The van der Waals surface area contributed by atoms with E-state index in [-0.39, 0.29) is 29.7 Å². The van der Waals surface area contributed by atoms with Crippen LogP contribution in [0.4, 0.5) is 0 Å². The van der Waals surface area contributed by atoms with Gasteiger partial charge in [0.1, 0.15) is 0 Å². The summed E-state index contributed by atoms with van der Waals surface area (Å²) >= 11 is 0. The number of carbonyl (C=O) groups is 2. The lowest BCUT2D eigenvalue weighted by atomic mass is 9.97. The van der Waals surface area contributed by atoms with E-state index in [0.29, 0.717) is 26.1 Å². The van der Waals surface area contributed by atoms with E-state index >= 15 is 0 Å². The summed E-state index contributed by atoms with van der Waals surface area (Å²) in [6, 6.07) is 1.66. The predicted octanol–water partition coefficient (Wildman–Crippen LogP) is -0.626. The number of aromatic nitrogens is 2. The standard InChI is InChI=1S/C15H20N4O3/c20-13-8-11(4-5-16-13)15(22)17-6-7-19-14(21)9-10-2-1-3-12(10)18-19/h9,11H,1-8H2,(H,16,20)(H,17,22). The van der Waals surface area contributed by atoms with Crippen LogP contribution in [0, 0.1) is 5.92 Å². The number of rotatable bonds is 4. The van der Waals surface area contributed by atoms with E-state index < -0.39 is 0 Å². The molecule has 1 atom stereocenters. The van der Waals surface area contributed by atoms with Gasteiger partial charge >= 0.3 is 0 Å². The van der Waals surface area contributed by atoms with Gasteiger partial charge < -0.3 is 10.6 Å². The zero-order valence-corrected chi connectivity index (χ0v) is 12.4. The summed E-state index contributed by atoms with van der Waals surface area (Å²) in [5.74, 6) is -0.467. The lowest BCUT2D eigenvalue weighted by Gasteiger charge is -2.21. The second kappa shape index (κ2) is 6.29. The summed E-state index contributed by atoms with van der Waals surface area (Å²) in [6.45, 7) is 1.25. The molecule has 7 heteroatoms. The molecule has 1 aromatic rings. The van der Waals surface area contributed by atoms with Crippen molar-refractivity contribution in [3.05, 3.63) is 27.7 Å². The fraction of sp³-hybridized carbons (Fsp3) is 0.600. The van der Waals surface area contributed by atoms with Crippen LogP contribution in [0.2, 0.25) is 0 Å². The van der Waals surface area contributed by atoms with Gasteiger partial charge in [-0.2, -0.15) is 5.10 Å². The maximum Gasteiger partial charge on any atom is 0.267 e. The number of nitrogens with one attached hydrogen (secondary N) is 2. The van der Waals surface area contributed by atoms with Crippen LogP contribution < -0.4 is 16.2 Å². The molecule has 22 heavy (non-hydrogen) atoms. The lowest BCUT2D eigenvalue weighted by Crippen LogP contribution is -2.42. The molecule has 1 aliphatic heterocycles. The second-order valence-corrected chi connectivity index (χ2v) is 5.86. The van der Waals surface area contributed by atoms with Crippen molar-refractivity contribution in [3.8, 4) is 0 Å². The summed E-state index contributed by atoms with van der Waals surface area (Å²) in [4.78, 5) is 35.2. The van der Waals surface area contributed by atoms with Gasteiger partial charge in [-0.25, -0.2) is 4.68 Å². The highest BCUT2D eigenvalue weighted by atomic mass is 16.2. The van der Waals surface area contributed by atoms with Crippen molar-refractivity contribution < 1.29 is 9.59 Å². The van der Waals surface area contributed by atoms with Crippen LogP contribution in [0.5, 0.6) is 0 Å². The van der Waals surface area contributed by atoms with Crippen LogP contribution in [0.25, 0.3) is 0 Å². The van der Waals surface area contributed by atoms with Gasteiger partial charge in [0.05, 0.1) is 12.2 Å². The Balaban J connectivity index is 1.54. The molecule has 1 unspecified atom stereocenters. The Bertz CT molecular complexity index is 653. The van der Waals surface area contributed by atoms with E-state index in [1.54, 1.807) is 6.07 Å². The molecule has 0 radical (unpaired) electrons. The normalized spacial score (nSPS) is 20.4. The molecule has 7 nitrogen and oxygen atoms in total. The molecule has 1 aromatic heterocycles. The van der Waals surface area contributed by atoms with Crippen LogP contribution in [-0.4, -0.2) is 34.7 Å². The number of fused-ring (bicyclic) bond motifs is 1. The molecule has 2 heterocycles. The average Bonchev–Trinajstić information content (AvgIpc) is 2.94. The molecule has 2 amide bonds. The summed E-state index contributed by atoms with van der Waals surface area (Å²) in [6.07, 6.45) is 3.79. The molecule has 2 N–H and O–H groups in total. The van der Waals surface area contributed by atoms with Crippen LogP contribution in [-0.2, 0) is 29.0 Å². The number of nitrogens with zero attached hydrogens (tertiary/aromatic N) is 2. The molecule has 1 saturated heterocycles. The van der Waals surface area contributed by atoms with Crippen molar-refractivity contribution in [2.24, 2.45) is 5.92 Å². The van der Waals surface area contributed by atoms with Crippen LogP contribution in [0.15, 0.2) is 10.9 Å². The molecule has 2 aliphatic rings. The zero-order chi connectivity index (χ0) is 15.5. The fourth-order valence-corrected chi connectivity index (χ4v) is 3.04. The lowest BCUT2D eigenvalue weighted by molar-refractivity contribution is -0.132. The largest absolute Gasteiger partial charge is 0.356 e. The third-order valence-corrected chi connectivity index (χ3v) is 4.26. The number of piperidine rings is 1. The molecule has 0 aromatic carbocycles. The molecule has 1 aliphatic carbocycles. The molecule has 0 spiro atoms. The maximum absolute atomic E-state index is 12.0. The average molecular weight is 304 g/mol. The van der Waals surface area contributed by atoms with Crippen molar-refractivity contribution >= 4 is 11.8 Å². The van der Waals surface area contributed by atoms with Gasteiger partial charge in [0.25, 0.3) is 5.56 Å². The first-order chi connectivity index (χ1) is 10.6. The van der Waals surface area contributed by atoms with Gasteiger partial charge in [-0.15, -0.1) is 0 Å². The monoisotopic (exact) mass is 304 g/mol. The van der Waals surface area contributed by atoms with Crippen molar-refractivity contribution in [1.29, 1.82) is 0 Å². The van der Waals surface area contributed by atoms with Crippen molar-refractivity contribution in [1.82, 2.24) is 20.4 Å². The number of hydrogen-bond donors (Lipinski definition) is 2. The van der Waals surface area contributed by atoms with Crippen LogP contribution >= 0.6 is 0 Å². The first kappa shape index (κ1) is 14.7. The third kappa shape index (κ3) is 3.18. The van der Waals surface area contributed by atoms with Gasteiger partial charge in [0, 0.05) is 31.5 Å². The Morgan fingerprint density at radius 2 is 2.27 bits per heavy atom. The van der Waals surface area contributed by atoms with Crippen LogP contribution in [0.1, 0.15) is 30.5 Å². The molecule has 0 bridgehead atoms. The van der Waals surface area contributed by atoms with Crippen molar-refractivity contribution in [3.63, 3.8) is 0 Å². The Kier molecular flexibility index (Phi) is 4.22. The van der Waals surface area contributed by atoms with Crippen molar-refractivity contribution in [2.45, 2.75) is 38.6 Å². The molecular formula is C15H20N4O3. The second-order valence-electron chi connectivity index (χ2n) is 5.86. The zero-order valence-electron chi connectivity index (χ0n) is 12.4. The Hall–Kier alpha value is -2.18. The first-order valence-corrected chi connectivity index (χ1v) is 7.78. The van der Waals surface area contributed by atoms with E-state index in [1.807, 2.05) is 0 Å². The quantitative estimate of drug-likeness (QED) is 0.775. The molecule has 118 valence electrons. The smallest absolute Gasteiger partial charge is 0.267 e. The predicted molar refractivity (Wildman–Crippen MR) is 79.3 cm³/mol. The van der Waals surface area contributed by atoms with E-state index in [1.165, 1.54) is 4.68 Å². The highest BCUT2D eigenvalue weighted by Gasteiger charge is 2.25. The Morgan fingerprint density at radius 1 is 1.41 bits per heavy atom. The van der Waals surface area contributed by atoms with Gasteiger partial charge in [0.2, 0.25) is 11.8 Å². The molecule has 0 saturated carbocycles. The summed E-state index contributed by atoms with van der Waals surface area (Å²) < 4.78 is 1.41. The topological polar surface area (TPSA) is 93.1 Å². The van der Waals surface area contributed by atoms with Crippen LogP contribution in [0.3, 0.4) is 0 Å². The van der Waals surface area contributed by atoms with E-state index in [0.717, 1.165) is 30.5 Å². The first-order valence-electron chi connectivity index (χ1n) is 7.78. The van der Waals surface area contributed by atoms with Crippen molar-refractivity contribution in [2.75, 3.05) is 13.1 Å². The molecule has 1 fully saturated rings. The number of aryl methyl sites for hydroxylation is 2. The third-order valence-electron chi connectivity index (χ3n) is 4.26. The minimum atomic E-state index is -0.265. The minimum absolute atomic E-state index is 0.0806. The van der Waals surface area contributed by atoms with E-state index in [9.17, 15) is 14.4 Å². The molecular weight excluding hydrogens is 284 g/mol. The minimum Gasteiger partial charge on any atom is -0.356 e. The van der Waals surface area contributed by atoms with E-state index in [2.05, 4.69) is 15.7 Å². The Morgan fingerprint density at radius 3 is 3.09 bits per heavy atom.